The Morgan fingerprint density at radius 1 is 1.00 bits per heavy atom. The first kappa shape index (κ1) is 21.7. The predicted octanol–water partition coefficient (Wildman–Crippen LogP) is 4.87. The molecule has 0 bridgehead atoms. The third-order valence-electron chi connectivity index (χ3n) is 6.42. The van der Waals surface area contributed by atoms with Gasteiger partial charge in [-0.05, 0) is 42.0 Å². The highest BCUT2D eigenvalue weighted by atomic mass is 16.5. The lowest BCUT2D eigenvalue weighted by molar-refractivity contribution is -0.135. The summed E-state index contributed by atoms with van der Waals surface area (Å²) in [5.41, 5.74) is 2.19. The van der Waals surface area contributed by atoms with Crippen molar-refractivity contribution in [1.82, 2.24) is 4.98 Å². The Morgan fingerprint density at radius 3 is 2.67 bits per heavy atom. The number of carbonyl (C=O) groups excluding carboxylic acids is 1. The third-order valence-corrected chi connectivity index (χ3v) is 6.42. The van der Waals surface area contributed by atoms with Gasteiger partial charge >= 0.3 is 5.97 Å². The number of methoxy groups -OCH3 is 1. The van der Waals surface area contributed by atoms with Crippen LogP contribution in [-0.2, 0) is 4.79 Å². The van der Waals surface area contributed by atoms with E-state index in [1.54, 1.807) is 18.3 Å². The van der Waals surface area contributed by atoms with Gasteiger partial charge < -0.3 is 24.1 Å². The summed E-state index contributed by atoms with van der Waals surface area (Å²) in [4.78, 5) is 30.0. The summed E-state index contributed by atoms with van der Waals surface area (Å²) in [6, 6.07) is 16.6. The standard InChI is InChI=1S/C28H19NO7/c1-34-22-7-5-16(10-19(22)30)23-12-20(31)27-21(32)13-24-26(28(27)36-23)17(11-25(33)35-24)14-4-6-18-15(9-14)3-2-8-29-18/h2-10,12-13,17,30,32H,11H2,1H3/t17-/m0/s1. The van der Waals surface area contributed by atoms with Crippen molar-refractivity contribution in [1.29, 1.82) is 0 Å². The fraction of sp³-hybridized carbons (Fsp3) is 0.107. The topological polar surface area (TPSA) is 119 Å². The highest BCUT2D eigenvalue weighted by Gasteiger charge is 2.33. The molecule has 5 aromatic rings. The maximum absolute atomic E-state index is 13.1. The number of pyridine rings is 1. The van der Waals surface area contributed by atoms with Crippen molar-refractivity contribution in [3.05, 3.63) is 88.2 Å². The quantitative estimate of drug-likeness (QED) is 0.277. The van der Waals surface area contributed by atoms with Gasteiger partial charge in [-0.15, -0.1) is 0 Å². The zero-order valence-electron chi connectivity index (χ0n) is 19.0. The van der Waals surface area contributed by atoms with Crippen LogP contribution < -0.4 is 14.9 Å². The molecule has 1 aliphatic heterocycles. The SMILES string of the molecule is COc1ccc(-c2cc(=O)c3c(O)cc4c(c3o2)[C@H](c2ccc3ncccc3c2)CC(=O)O4)cc1O. The number of aromatic nitrogens is 1. The Hall–Kier alpha value is -4.85. The van der Waals surface area contributed by atoms with E-state index in [1.165, 1.54) is 25.3 Å². The lowest BCUT2D eigenvalue weighted by atomic mass is 9.84. The van der Waals surface area contributed by atoms with Gasteiger partial charge in [0.1, 0.15) is 28.2 Å². The number of esters is 1. The molecule has 0 fully saturated rings. The molecule has 0 saturated carbocycles. The molecule has 0 amide bonds. The molecule has 1 aliphatic rings. The van der Waals surface area contributed by atoms with E-state index in [-0.39, 0.29) is 46.1 Å². The largest absolute Gasteiger partial charge is 0.507 e. The molecular formula is C28H19NO7. The van der Waals surface area contributed by atoms with Gasteiger partial charge in [0.25, 0.3) is 0 Å². The number of aromatic hydroxyl groups is 2. The maximum atomic E-state index is 13.1. The first-order valence-corrected chi connectivity index (χ1v) is 11.2. The van der Waals surface area contributed by atoms with Crippen LogP contribution in [0.5, 0.6) is 23.0 Å². The summed E-state index contributed by atoms with van der Waals surface area (Å²) in [7, 11) is 1.43. The van der Waals surface area contributed by atoms with Crippen molar-refractivity contribution in [2.75, 3.05) is 7.11 Å². The molecule has 178 valence electrons. The van der Waals surface area contributed by atoms with Crippen molar-refractivity contribution in [2.24, 2.45) is 0 Å². The van der Waals surface area contributed by atoms with E-state index in [4.69, 9.17) is 13.9 Å². The lowest BCUT2D eigenvalue weighted by Crippen LogP contribution is -2.22. The molecule has 6 rings (SSSR count). The van der Waals surface area contributed by atoms with Crippen LogP contribution in [0.1, 0.15) is 23.5 Å². The van der Waals surface area contributed by atoms with E-state index in [1.807, 2.05) is 30.3 Å². The van der Waals surface area contributed by atoms with Crippen LogP contribution in [0.2, 0.25) is 0 Å². The number of nitrogens with zero attached hydrogens (tertiary/aromatic N) is 1. The monoisotopic (exact) mass is 481 g/mol. The normalized spacial score (nSPS) is 15.0. The second kappa shape index (κ2) is 8.13. The van der Waals surface area contributed by atoms with E-state index < -0.39 is 17.3 Å². The smallest absolute Gasteiger partial charge is 0.312 e. The molecule has 36 heavy (non-hydrogen) atoms. The summed E-state index contributed by atoms with van der Waals surface area (Å²) in [5, 5.41) is 21.8. The first-order valence-electron chi connectivity index (χ1n) is 11.2. The molecule has 1 atom stereocenters. The number of fused-ring (bicyclic) bond motifs is 4. The Balaban J connectivity index is 1.61. The second-order valence-electron chi connectivity index (χ2n) is 8.56. The average Bonchev–Trinajstić information content (AvgIpc) is 2.87. The van der Waals surface area contributed by atoms with Crippen molar-refractivity contribution >= 4 is 27.8 Å². The highest BCUT2D eigenvalue weighted by Crippen LogP contribution is 2.46. The van der Waals surface area contributed by atoms with Gasteiger partial charge in [0.15, 0.2) is 16.9 Å². The summed E-state index contributed by atoms with van der Waals surface area (Å²) in [6.45, 7) is 0. The number of phenols is 2. The van der Waals surface area contributed by atoms with Gasteiger partial charge in [-0.1, -0.05) is 12.1 Å². The molecule has 0 unspecified atom stereocenters. The van der Waals surface area contributed by atoms with E-state index in [0.717, 1.165) is 16.5 Å². The second-order valence-corrected chi connectivity index (χ2v) is 8.56. The summed E-state index contributed by atoms with van der Waals surface area (Å²) < 4.78 is 16.8. The summed E-state index contributed by atoms with van der Waals surface area (Å²) in [6.07, 6.45) is 1.73. The molecule has 3 heterocycles. The number of hydrogen-bond donors (Lipinski definition) is 2. The van der Waals surface area contributed by atoms with Gasteiger partial charge in [0.2, 0.25) is 0 Å². The number of benzene rings is 3. The molecule has 8 nitrogen and oxygen atoms in total. The molecule has 3 aromatic carbocycles. The van der Waals surface area contributed by atoms with Crippen LogP contribution in [0.25, 0.3) is 33.2 Å². The molecule has 0 radical (unpaired) electrons. The van der Waals surface area contributed by atoms with E-state index in [2.05, 4.69) is 4.98 Å². The van der Waals surface area contributed by atoms with Crippen LogP contribution in [0.4, 0.5) is 0 Å². The summed E-state index contributed by atoms with van der Waals surface area (Å²) >= 11 is 0. The molecule has 0 spiro atoms. The molecule has 0 saturated heterocycles. The maximum Gasteiger partial charge on any atom is 0.312 e. The zero-order valence-corrected chi connectivity index (χ0v) is 19.0. The van der Waals surface area contributed by atoms with Crippen molar-refractivity contribution in [3.63, 3.8) is 0 Å². The fourth-order valence-electron chi connectivity index (χ4n) is 4.74. The Labute approximate surface area is 204 Å². The number of hydrogen-bond acceptors (Lipinski definition) is 8. The molecule has 2 N–H and O–H groups in total. The minimum absolute atomic E-state index is 0.0133. The van der Waals surface area contributed by atoms with Gasteiger partial charge in [-0.25, -0.2) is 0 Å². The number of ether oxygens (including phenoxy) is 2. The van der Waals surface area contributed by atoms with E-state index in [0.29, 0.717) is 11.1 Å². The van der Waals surface area contributed by atoms with Crippen molar-refractivity contribution in [2.45, 2.75) is 12.3 Å². The molecule has 0 aliphatic carbocycles. The molecule has 2 aromatic heterocycles. The average molecular weight is 481 g/mol. The van der Waals surface area contributed by atoms with Gasteiger partial charge in [0.05, 0.1) is 19.0 Å². The van der Waals surface area contributed by atoms with Gasteiger partial charge in [-0.2, -0.15) is 0 Å². The van der Waals surface area contributed by atoms with Crippen LogP contribution in [0.3, 0.4) is 0 Å². The Kier molecular flexibility index (Phi) is 4.89. The predicted molar refractivity (Wildman–Crippen MR) is 132 cm³/mol. The van der Waals surface area contributed by atoms with Gasteiger partial charge in [-0.3, -0.25) is 14.6 Å². The molecule has 8 heteroatoms. The Morgan fingerprint density at radius 2 is 1.86 bits per heavy atom. The minimum atomic E-state index is -0.489. The fourth-order valence-corrected chi connectivity index (χ4v) is 4.74. The third kappa shape index (κ3) is 3.42. The number of phenolic OH excluding ortho intramolecular Hbond substituents is 2. The van der Waals surface area contributed by atoms with E-state index in [9.17, 15) is 19.8 Å². The van der Waals surface area contributed by atoms with Crippen LogP contribution in [-0.4, -0.2) is 28.3 Å². The Bertz CT molecular complexity index is 1760. The molecular weight excluding hydrogens is 462 g/mol. The van der Waals surface area contributed by atoms with E-state index >= 15 is 0 Å². The minimum Gasteiger partial charge on any atom is -0.507 e. The summed E-state index contributed by atoms with van der Waals surface area (Å²) in [5.74, 6) is -0.838. The first-order chi connectivity index (χ1) is 17.4. The van der Waals surface area contributed by atoms with Crippen molar-refractivity contribution in [3.8, 4) is 34.3 Å². The zero-order chi connectivity index (χ0) is 25.0. The van der Waals surface area contributed by atoms with Crippen LogP contribution in [0, 0.1) is 0 Å². The van der Waals surface area contributed by atoms with Crippen LogP contribution >= 0.6 is 0 Å². The lowest BCUT2D eigenvalue weighted by Gasteiger charge is -2.26. The van der Waals surface area contributed by atoms with Crippen molar-refractivity contribution < 1.29 is 28.9 Å². The highest BCUT2D eigenvalue weighted by molar-refractivity contribution is 5.93. The van der Waals surface area contributed by atoms with Crippen LogP contribution in [0.15, 0.2) is 76.1 Å². The number of carbonyl (C=O) groups is 1. The van der Waals surface area contributed by atoms with Gasteiger partial charge in [0, 0.05) is 40.8 Å². The number of rotatable bonds is 3.